The summed E-state index contributed by atoms with van der Waals surface area (Å²) < 4.78 is 26.2. The lowest BCUT2D eigenvalue weighted by Gasteiger charge is -2.37. The average molecular weight is 694 g/mol. The molecular formula is C38H43N7O6. The van der Waals surface area contributed by atoms with Crippen LogP contribution in [0, 0.1) is 5.92 Å². The number of hydrogen-bond acceptors (Lipinski definition) is 10. The van der Waals surface area contributed by atoms with Crippen molar-refractivity contribution in [3.63, 3.8) is 0 Å². The van der Waals surface area contributed by atoms with E-state index < -0.39 is 24.0 Å². The first kappa shape index (κ1) is 35.5. The second-order valence-corrected chi connectivity index (χ2v) is 12.8. The van der Waals surface area contributed by atoms with Gasteiger partial charge in [-0.2, -0.15) is 9.97 Å². The number of anilines is 1. The van der Waals surface area contributed by atoms with Crippen LogP contribution in [0.4, 0.5) is 11.8 Å². The third-order valence-electron chi connectivity index (χ3n) is 8.73. The molecule has 1 fully saturated rings. The van der Waals surface area contributed by atoms with Gasteiger partial charge in [-0.1, -0.05) is 68.4 Å². The molecule has 1 saturated heterocycles. The molecule has 13 nitrogen and oxygen atoms in total. The molecule has 0 saturated carbocycles. The van der Waals surface area contributed by atoms with Crippen molar-refractivity contribution in [2.24, 2.45) is 10.9 Å². The largest absolute Gasteiger partial charge is 0.497 e. The third-order valence-corrected chi connectivity index (χ3v) is 8.73. The molecule has 3 heterocycles. The molecule has 3 unspecified atom stereocenters. The highest BCUT2D eigenvalue weighted by molar-refractivity contribution is 5.92. The highest BCUT2D eigenvalue weighted by atomic mass is 16.6. The molecule has 0 spiro atoms. The minimum absolute atomic E-state index is 0.0420. The number of hydrogen-bond donors (Lipinski definition) is 2. The summed E-state index contributed by atoms with van der Waals surface area (Å²) >= 11 is 0. The van der Waals surface area contributed by atoms with Crippen LogP contribution in [0.15, 0.2) is 90.2 Å². The maximum atomic E-state index is 12.6. The van der Waals surface area contributed by atoms with Crippen molar-refractivity contribution in [2.45, 2.75) is 44.3 Å². The Kier molecular flexibility index (Phi) is 10.6. The Bertz CT molecular complexity index is 1920. The van der Waals surface area contributed by atoms with Gasteiger partial charge >= 0.3 is 0 Å². The Hall–Kier alpha value is -5.37. The minimum atomic E-state index is -1.08. The molecule has 5 aromatic rings. The van der Waals surface area contributed by atoms with Gasteiger partial charge in [0.25, 0.3) is 0 Å². The smallest absolute Gasteiger partial charge is 0.233 e. The number of amides is 1. The monoisotopic (exact) mass is 693 g/mol. The highest BCUT2D eigenvalue weighted by Crippen LogP contribution is 2.43. The van der Waals surface area contributed by atoms with Gasteiger partial charge in [-0.15, -0.1) is 0 Å². The number of aliphatic hydroxyl groups is 1. The predicted molar refractivity (Wildman–Crippen MR) is 193 cm³/mol. The number of imidazole rings is 1. The molecule has 3 aromatic carbocycles. The standard InChI is InChI=1S/C38H43N7O6/c1-24(2)36(47)43-37-41-34(40-22-44(3)4)33-35(42-37)45(23-39-33)32-20-30(46)31(51-32)21-50-38(25-10-8-7-9-11-25,26-12-16-28(48-5)17-13-26)27-14-18-29(49-6)19-15-27/h7-19,22-24,30-32,46H,20-21H2,1-6H3,(H,41,42,43,47). The Morgan fingerprint density at radius 2 is 1.61 bits per heavy atom. The molecule has 0 aliphatic carbocycles. The molecular weight excluding hydrogens is 650 g/mol. The number of nitrogens with zero attached hydrogens (tertiary/aromatic N) is 6. The number of aliphatic hydroxyl groups excluding tert-OH is 1. The van der Waals surface area contributed by atoms with Gasteiger partial charge in [-0.25, -0.2) is 9.98 Å². The second kappa shape index (κ2) is 15.3. The van der Waals surface area contributed by atoms with Gasteiger partial charge < -0.3 is 29.0 Å². The zero-order valence-electron chi connectivity index (χ0n) is 29.6. The number of aromatic nitrogens is 4. The molecule has 6 rings (SSSR count). The van der Waals surface area contributed by atoms with E-state index in [9.17, 15) is 9.90 Å². The molecule has 3 atom stereocenters. The van der Waals surface area contributed by atoms with E-state index in [1.807, 2.05) is 93.0 Å². The number of nitrogens with one attached hydrogen (secondary N) is 1. The maximum Gasteiger partial charge on any atom is 0.233 e. The summed E-state index contributed by atoms with van der Waals surface area (Å²) in [6.07, 6.45) is 1.22. The van der Waals surface area contributed by atoms with Crippen LogP contribution in [0.5, 0.6) is 11.5 Å². The number of carbonyl (C=O) groups is 1. The van der Waals surface area contributed by atoms with Gasteiger partial charge in [-0.3, -0.25) is 14.7 Å². The lowest BCUT2D eigenvalue weighted by Crippen LogP contribution is -2.38. The minimum Gasteiger partial charge on any atom is -0.497 e. The number of aliphatic imine (C=N–C) groups is 1. The van der Waals surface area contributed by atoms with Crippen LogP contribution in [0.2, 0.25) is 0 Å². The molecule has 1 aliphatic heterocycles. The van der Waals surface area contributed by atoms with E-state index in [1.54, 1.807) is 50.2 Å². The topological polar surface area (TPSA) is 145 Å². The predicted octanol–water partition coefficient (Wildman–Crippen LogP) is 5.32. The Balaban J connectivity index is 1.35. The fourth-order valence-electron chi connectivity index (χ4n) is 6.00. The van der Waals surface area contributed by atoms with Crippen molar-refractivity contribution in [3.05, 3.63) is 102 Å². The first-order chi connectivity index (χ1) is 24.6. The van der Waals surface area contributed by atoms with Crippen LogP contribution < -0.4 is 14.8 Å². The zero-order chi connectivity index (χ0) is 36.1. The Morgan fingerprint density at radius 3 is 2.18 bits per heavy atom. The van der Waals surface area contributed by atoms with Gasteiger partial charge in [0.05, 0.1) is 39.6 Å². The van der Waals surface area contributed by atoms with E-state index in [-0.39, 0.29) is 36.6 Å². The second-order valence-electron chi connectivity index (χ2n) is 12.8. The fraction of sp³-hybridized carbons (Fsp3) is 0.342. The Labute approximate surface area is 296 Å². The number of methoxy groups -OCH3 is 2. The van der Waals surface area contributed by atoms with Crippen molar-refractivity contribution in [3.8, 4) is 11.5 Å². The summed E-state index contributed by atoms with van der Waals surface area (Å²) in [5.41, 5.74) is 2.37. The van der Waals surface area contributed by atoms with Crippen molar-refractivity contribution in [2.75, 3.05) is 40.2 Å². The van der Waals surface area contributed by atoms with E-state index in [0.717, 1.165) is 16.7 Å². The fourth-order valence-corrected chi connectivity index (χ4v) is 6.00. The van der Waals surface area contributed by atoms with Crippen molar-refractivity contribution in [1.29, 1.82) is 0 Å². The normalized spacial score (nSPS) is 17.7. The van der Waals surface area contributed by atoms with E-state index in [2.05, 4.69) is 25.3 Å². The number of fused-ring (bicyclic) bond motifs is 1. The summed E-state index contributed by atoms with van der Waals surface area (Å²) in [4.78, 5) is 32.5. The van der Waals surface area contributed by atoms with Crippen molar-refractivity contribution in [1.82, 2.24) is 24.4 Å². The molecule has 1 aliphatic rings. The van der Waals surface area contributed by atoms with Crippen molar-refractivity contribution < 1.29 is 28.8 Å². The number of ether oxygens (including phenoxy) is 4. The molecule has 0 radical (unpaired) electrons. The quantitative estimate of drug-likeness (QED) is 0.0945. The summed E-state index contributed by atoms with van der Waals surface area (Å²) in [5, 5.41) is 14.2. The van der Waals surface area contributed by atoms with E-state index in [4.69, 9.17) is 18.9 Å². The summed E-state index contributed by atoms with van der Waals surface area (Å²) in [6.45, 7) is 3.62. The van der Waals surface area contributed by atoms with Crippen LogP contribution in [0.25, 0.3) is 11.2 Å². The van der Waals surface area contributed by atoms with Crippen LogP contribution in [-0.2, 0) is 19.9 Å². The van der Waals surface area contributed by atoms with E-state index in [1.165, 1.54) is 0 Å². The first-order valence-electron chi connectivity index (χ1n) is 16.7. The third kappa shape index (κ3) is 7.41. The van der Waals surface area contributed by atoms with Gasteiger partial charge in [0.1, 0.15) is 29.4 Å². The zero-order valence-corrected chi connectivity index (χ0v) is 29.6. The van der Waals surface area contributed by atoms with Gasteiger partial charge in [-0.05, 0) is 41.0 Å². The van der Waals surface area contributed by atoms with E-state index >= 15 is 0 Å². The van der Waals surface area contributed by atoms with Gasteiger partial charge in [0.2, 0.25) is 11.9 Å². The summed E-state index contributed by atoms with van der Waals surface area (Å²) in [6, 6.07) is 25.5. The molecule has 266 valence electrons. The molecule has 1 amide bonds. The molecule has 2 N–H and O–H groups in total. The van der Waals surface area contributed by atoms with E-state index in [0.29, 0.717) is 22.7 Å². The van der Waals surface area contributed by atoms with Crippen LogP contribution in [-0.4, -0.2) is 88.9 Å². The maximum absolute atomic E-state index is 12.6. The van der Waals surface area contributed by atoms with Crippen LogP contribution >= 0.6 is 0 Å². The van der Waals surface area contributed by atoms with Crippen molar-refractivity contribution >= 4 is 35.2 Å². The summed E-state index contributed by atoms with van der Waals surface area (Å²) in [7, 11) is 6.94. The lowest BCUT2D eigenvalue weighted by atomic mass is 9.80. The number of carbonyl (C=O) groups excluding carboxylic acids is 1. The molecule has 0 bridgehead atoms. The molecule has 51 heavy (non-hydrogen) atoms. The SMILES string of the molecule is COc1ccc(C(OCC2OC(n3cnc4c(N=CN(C)C)nc(NC(=O)C(C)C)nc43)CC2O)(c2ccccc2)c2ccc(OC)cc2)cc1. The number of benzene rings is 3. The number of rotatable bonds is 13. The highest BCUT2D eigenvalue weighted by Gasteiger charge is 2.42. The van der Waals surface area contributed by atoms with Crippen LogP contribution in [0.1, 0.15) is 43.2 Å². The van der Waals surface area contributed by atoms with Gasteiger partial charge in [0.15, 0.2) is 17.0 Å². The average Bonchev–Trinajstić information content (AvgIpc) is 3.74. The van der Waals surface area contributed by atoms with Crippen LogP contribution in [0.3, 0.4) is 0 Å². The lowest BCUT2D eigenvalue weighted by molar-refractivity contribution is -0.118. The molecule has 13 heteroatoms. The van der Waals surface area contributed by atoms with Gasteiger partial charge in [0, 0.05) is 26.4 Å². The molecule has 2 aromatic heterocycles. The Morgan fingerprint density at radius 1 is 1.00 bits per heavy atom. The first-order valence-corrected chi connectivity index (χ1v) is 16.7. The summed E-state index contributed by atoms with van der Waals surface area (Å²) in [5.74, 6) is 1.30.